The van der Waals surface area contributed by atoms with Crippen LogP contribution in [0.1, 0.15) is 40.0 Å². The molecule has 0 aromatic carbocycles. The summed E-state index contributed by atoms with van der Waals surface area (Å²) in [6, 6.07) is 0. The standard InChI is InChI=1S/C15H24O3/c1-8-10(16)7-9-11(17)14(4)6-5-13(2,3)12(14)15(8,9)18/h9-12,16-18H,1,5-7H2,2-4H3/t9-,10+,11+,12+,14-,15-/m1/s1. The molecule has 3 N–H and O–H groups in total. The van der Waals surface area contributed by atoms with Crippen molar-refractivity contribution in [3.05, 3.63) is 12.2 Å². The third-order valence-electron chi connectivity index (χ3n) is 6.20. The molecule has 0 aromatic rings. The van der Waals surface area contributed by atoms with Crippen molar-refractivity contribution >= 4 is 0 Å². The molecule has 0 unspecified atom stereocenters. The van der Waals surface area contributed by atoms with Gasteiger partial charge < -0.3 is 15.3 Å². The van der Waals surface area contributed by atoms with E-state index < -0.39 is 17.8 Å². The van der Waals surface area contributed by atoms with E-state index in [0.717, 1.165) is 12.8 Å². The molecule has 102 valence electrons. The van der Waals surface area contributed by atoms with E-state index in [1.807, 2.05) is 0 Å². The summed E-state index contributed by atoms with van der Waals surface area (Å²) in [5.41, 5.74) is -0.832. The highest BCUT2D eigenvalue weighted by molar-refractivity contribution is 5.36. The van der Waals surface area contributed by atoms with Crippen molar-refractivity contribution in [2.75, 3.05) is 0 Å². The van der Waals surface area contributed by atoms with Gasteiger partial charge >= 0.3 is 0 Å². The zero-order valence-electron chi connectivity index (χ0n) is 11.5. The molecule has 3 rings (SSSR count). The van der Waals surface area contributed by atoms with Crippen molar-refractivity contribution < 1.29 is 15.3 Å². The fourth-order valence-corrected chi connectivity index (χ4v) is 5.49. The number of aliphatic hydroxyl groups is 3. The Labute approximate surface area is 109 Å². The zero-order valence-corrected chi connectivity index (χ0v) is 11.5. The van der Waals surface area contributed by atoms with Crippen LogP contribution in [0.15, 0.2) is 12.2 Å². The Balaban J connectivity index is 2.16. The minimum absolute atomic E-state index is 0.0119. The molecular formula is C15H24O3. The predicted molar refractivity (Wildman–Crippen MR) is 68.8 cm³/mol. The van der Waals surface area contributed by atoms with Crippen LogP contribution in [0.3, 0.4) is 0 Å². The molecule has 3 aliphatic rings. The summed E-state index contributed by atoms with van der Waals surface area (Å²) in [6.45, 7) is 10.3. The van der Waals surface area contributed by atoms with Gasteiger partial charge in [0, 0.05) is 17.3 Å². The van der Waals surface area contributed by atoms with Gasteiger partial charge in [-0.1, -0.05) is 27.4 Å². The Kier molecular flexibility index (Phi) is 2.24. The van der Waals surface area contributed by atoms with Gasteiger partial charge in [-0.3, -0.25) is 0 Å². The quantitative estimate of drug-likeness (QED) is 0.572. The van der Waals surface area contributed by atoms with Crippen molar-refractivity contribution in [3.8, 4) is 0 Å². The van der Waals surface area contributed by atoms with Gasteiger partial charge in [-0.2, -0.15) is 0 Å². The lowest BCUT2D eigenvalue weighted by Gasteiger charge is -2.41. The molecule has 0 saturated heterocycles. The Bertz CT molecular complexity index is 416. The maximum Gasteiger partial charge on any atom is 0.0972 e. The van der Waals surface area contributed by atoms with Crippen LogP contribution in [-0.2, 0) is 0 Å². The molecule has 18 heavy (non-hydrogen) atoms. The van der Waals surface area contributed by atoms with Gasteiger partial charge in [0.1, 0.15) is 0 Å². The van der Waals surface area contributed by atoms with E-state index in [9.17, 15) is 15.3 Å². The fourth-order valence-electron chi connectivity index (χ4n) is 5.49. The third-order valence-corrected chi connectivity index (χ3v) is 6.20. The number of aliphatic hydroxyl groups excluding tert-OH is 2. The Morgan fingerprint density at radius 2 is 1.78 bits per heavy atom. The summed E-state index contributed by atoms with van der Waals surface area (Å²) in [5.74, 6) is -0.267. The molecule has 3 fully saturated rings. The summed E-state index contributed by atoms with van der Waals surface area (Å²) >= 11 is 0. The highest BCUT2D eigenvalue weighted by atomic mass is 16.3. The van der Waals surface area contributed by atoms with Crippen molar-refractivity contribution in [2.24, 2.45) is 22.7 Å². The first-order valence-electron chi connectivity index (χ1n) is 6.93. The second-order valence-corrected chi connectivity index (χ2v) is 7.58. The van der Waals surface area contributed by atoms with Crippen LogP contribution in [0, 0.1) is 22.7 Å². The molecule has 3 aliphatic carbocycles. The van der Waals surface area contributed by atoms with Crippen LogP contribution < -0.4 is 0 Å². The Morgan fingerprint density at radius 3 is 2.39 bits per heavy atom. The summed E-state index contributed by atoms with van der Waals surface area (Å²) < 4.78 is 0. The van der Waals surface area contributed by atoms with Crippen LogP contribution in [0.4, 0.5) is 0 Å². The Hall–Kier alpha value is -0.380. The van der Waals surface area contributed by atoms with Gasteiger partial charge in [0.25, 0.3) is 0 Å². The minimum atomic E-state index is -1.09. The summed E-state index contributed by atoms with van der Waals surface area (Å²) in [7, 11) is 0. The maximum absolute atomic E-state index is 11.2. The number of hydrogen-bond acceptors (Lipinski definition) is 3. The number of fused-ring (bicyclic) bond motifs is 3. The van der Waals surface area contributed by atoms with Gasteiger partial charge in [0.2, 0.25) is 0 Å². The average Bonchev–Trinajstić information content (AvgIpc) is 2.72. The minimum Gasteiger partial charge on any atom is -0.392 e. The second kappa shape index (κ2) is 3.20. The predicted octanol–water partition coefficient (Wildman–Crippen LogP) is 1.47. The molecule has 6 atom stereocenters. The van der Waals surface area contributed by atoms with E-state index >= 15 is 0 Å². The zero-order chi connectivity index (χ0) is 13.5. The molecule has 3 nitrogen and oxygen atoms in total. The molecule has 0 amide bonds. The molecule has 0 bridgehead atoms. The van der Waals surface area contributed by atoms with Crippen LogP contribution >= 0.6 is 0 Å². The van der Waals surface area contributed by atoms with E-state index in [-0.39, 0.29) is 22.7 Å². The highest BCUT2D eigenvalue weighted by Crippen LogP contribution is 2.71. The van der Waals surface area contributed by atoms with Gasteiger partial charge in [-0.15, -0.1) is 0 Å². The first-order chi connectivity index (χ1) is 8.15. The van der Waals surface area contributed by atoms with Crippen molar-refractivity contribution in [3.63, 3.8) is 0 Å². The van der Waals surface area contributed by atoms with Crippen molar-refractivity contribution in [1.82, 2.24) is 0 Å². The molecule has 0 spiro atoms. The average molecular weight is 252 g/mol. The van der Waals surface area contributed by atoms with Gasteiger partial charge in [-0.25, -0.2) is 0 Å². The van der Waals surface area contributed by atoms with Crippen molar-refractivity contribution in [1.29, 1.82) is 0 Å². The van der Waals surface area contributed by atoms with E-state index in [1.54, 1.807) is 0 Å². The summed E-state index contributed by atoms with van der Waals surface area (Å²) in [5, 5.41) is 31.8. The largest absolute Gasteiger partial charge is 0.392 e. The topological polar surface area (TPSA) is 60.7 Å². The van der Waals surface area contributed by atoms with Gasteiger partial charge in [0.15, 0.2) is 0 Å². The van der Waals surface area contributed by atoms with Crippen LogP contribution in [0.5, 0.6) is 0 Å². The first kappa shape index (κ1) is 12.6. The molecule has 0 aromatic heterocycles. The van der Waals surface area contributed by atoms with E-state index in [1.165, 1.54) is 0 Å². The molecule has 0 heterocycles. The lowest BCUT2D eigenvalue weighted by Crippen LogP contribution is -2.46. The Morgan fingerprint density at radius 1 is 1.17 bits per heavy atom. The third kappa shape index (κ3) is 1.12. The van der Waals surface area contributed by atoms with E-state index in [2.05, 4.69) is 27.4 Å². The summed E-state index contributed by atoms with van der Waals surface area (Å²) in [6.07, 6.45) is 1.18. The van der Waals surface area contributed by atoms with Crippen molar-refractivity contribution in [2.45, 2.75) is 57.8 Å². The van der Waals surface area contributed by atoms with Crippen LogP contribution in [0.2, 0.25) is 0 Å². The lowest BCUT2D eigenvalue weighted by atomic mass is 9.66. The van der Waals surface area contributed by atoms with Gasteiger partial charge in [-0.05, 0) is 30.3 Å². The molecule has 0 radical (unpaired) electrons. The van der Waals surface area contributed by atoms with Gasteiger partial charge in [0.05, 0.1) is 17.8 Å². The lowest BCUT2D eigenvalue weighted by molar-refractivity contribution is -0.0403. The molecule has 3 heteroatoms. The SMILES string of the molecule is C=C1[C@@H](O)C[C@@H]2[C@H](O)[C@@]3(C)CCC(C)(C)[C@@H]3[C@@]12O. The van der Waals surface area contributed by atoms with Crippen LogP contribution in [-0.4, -0.2) is 33.1 Å². The maximum atomic E-state index is 11.2. The van der Waals surface area contributed by atoms with Crippen LogP contribution in [0.25, 0.3) is 0 Å². The molecule has 0 aliphatic heterocycles. The highest BCUT2D eigenvalue weighted by Gasteiger charge is 2.74. The summed E-state index contributed by atoms with van der Waals surface area (Å²) in [4.78, 5) is 0. The molecule has 3 saturated carbocycles. The number of rotatable bonds is 0. The fraction of sp³-hybridized carbons (Fsp3) is 0.867. The molecular weight excluding hydrogens is 228 g/mol. The normalized spacial score (nSPS) is 57.8. The van der Waals surface area contributed by atoms with E-state index in [0.29, 0.717) is 12.0 Å². The smallest absolute Gasteiger partial charge is 0.0972 e. The van der Waals surface area contributed by atoms with E-state index in [4.69, 9.17) is 0 Å². The second-order valence-electron chi connectivity index (χ2n) is 7.58. The monoisotopic (exact) mass is 252 g/mol. The first-order valence-corrected chi connectivity index (χ1v) is 6.93. The number of hydrogen-bond donors (Lipinski definition) is 3.